The first-order chi connectivity index (χ1) is 18.3. The molecule has 0 bridgehead atoms. The van der Waals surface area contributed by atoms with Gasteiger partial charge in [-0.3, -0.25) is 9.88 Å². The highest BCUT2D eigenvalue weighted by molar-refractivity contribution is 5.95. The van der Waals surface area contributed by atoms with Crippen LogP contribution in [0.5, 0.6) is 6.01 Å². The molecule has 1 saturated heterocycles. The first kappa shape index (κ1) is 25.8. The standard InChI is InChI=1S/C30H31F2N5O/c1-7-17(3)37-15-14-24(18(37)4)36(5)29-22-16-33-27(26(32)28(22)34-30(35-29)38-6)21-11-9-10-19-12-13-23(31)20(8-2)25(19)21/h2,7,9-11,16-18,24H,1,12-15H2,3-6H3/t17?,18-,24?/m1/s1. The molecule has 1 aromatic carbocycles. The van der Waals surface area contributed by atoms with E-state index in [4.69, 9.17) is 11.2 Å². The molecule has 2 aliphatic rings. The van der Waals surface area contributed by atoms with Gasteiger partial charge < -0.3 is 9.64 Å². The first-order valence-electron chi connectivity index (χ1n) is 12.8. The number of nitrogens with zero attached hydrogens (tertiary/aromatic N) is 5. The minimum atomic E-state index is -0.630. The number of rotatable bonds is 6. The zero-order valence-corrected chi connectivity index (χ0v) is 22.1. The van der Waals surface area contributed by atoms with Crippen molar-refractivity contribution < 1.29 is 13.5 Å². The number of fused-ring (bicyclic) bond motifs is 2. The van der Waals surface area contributed by atoms with Gasteiger partial charge in [0.25, 0.3) is 0 Å². The average molecular weight is 516 g/mol. The predicted molar refractivity (Wildman–Crippen MR) is 147 cm³/mol. The molecule has 3 atom stereocenters. The van der Waals surface area contributed by atoms with Crippen molar-refractivity contribution in [2.75, 3.05) is 25.6 Å². The summed E-state index contributed by atoms with van der Waals surface area (Å²) in [7, 11) is 3.41. The number of aryl methyl sites for hydroxylation is 1. The van der Waals surface area contributed by atoms with E-state index in [0.717, 1.165) is 18.5 Å². The van der Waals surface area contributed by atoms with Crippen molar-refractivity contribution in [3.63, 3.8) is 0 Å². The number of likely N-dealkylation sites (N-methyl/N-ethyl adjacent to an activating group) is 1. The van der Waals surface area contributed by atoms with Crippen molar-refractivity contribution in [3.8, 4) is 29.6 Å². The molecule has 0 amide bonds. The Hall–Kier alpha value is -3.83. The number of ether oxygens (including phenoxy) is 1. The van der Waals surface area contributed by atoms with Gasteiger partial charge in [-0.2, -0.15) is 9.97 Å². The monoisotopic (exact) mass is 515 g/mol. The molecule has 3 aromatic rings. The van der Waals surface area contributed by atoms with Crippen LogP contribution >= 0.6 is 0 Å². The van der Waals surface area contributed by atoms with E-state index >= 15 is 4.39 Å². The lowest BCUT2D eigenvalue weighted by Gasteiger charge is -2.34. The molecule has 0 spiro atoms. The Morgan fingerprint density at radius 2 is 2.08 bits per heavy atom. The highest BCUT2D eigenvalue weighted by atomic mass is 19.1. The third-order valence-electron chi connectivity index (χ3n) is 7.97. The number of likely N-dealkylation sites (tertiary alicyclic amines) is 1. The van der Waals surface area contributed by atoms with Gasteiger partial charge in [0.05, 0.1) is 18.1 Å². The largest absolute Gasteiger partial charge is 0.467 e. The maximum atomic E-state index is 16.3. The lowest BCUT2D eigenvalue weighted by molar-refractivity contribution is 0.227. The molecule has 1 aliphatic heterocycles. The average Bonchev–Trinajstić information content (AvgIpc) is 3.32. The summed E-state index contributed by atoms with van der Waals surface area (Å²) in [5.74, 6) is 2.01. The van der Waals surface area contributed by atoms with Crippen molar-refractivity contribution in [2.45, 2.75) is 51.2 Å². The Morgan fingerprint density at radius 1 is 1.29 bits per heavy atom. The van der Waals surface area contributed by atoms with Crippen molar-refractivity contribution in [2.24, 2.45) is 0 Å². The molecular weight excluding hydrogens is 484 g/mol. The molecule has 0 radical (unpaired) electrons. The summed E-state index contributed by atoms with van der Waals surface area (Å²) in [5, 5.41) is 0.473. The lowest BCUT2D eigenvalue weighted by Crippen LogP contribution is -2.44. The molecule has 0 N–H and O–H groups in total. The number of terminal acetylenes is 1. The Kier molecular flexibility index (Phi) is 6.89. The summed E-state index contributed by atoms with van der Waals surface area (Å²) in [5.41, 5.74) is 2.12. The molecule has 5 rings (SSSR count). The highest BCUT2D eigenvalue weighted by Crippen LogP contribution is 2.40. The summed E-state index contributed by atoms with van der Waals surface area (Å²) in [6.45, 7) is 9.17. The van der Waals surface area contributed by atoms with Gasteiger partial charge in [0, 0.05) is 55.5 Å². The molecule has 2 unspecified atom stereocenters. The second kappa shape index (κ2) is 10.1. The van der Waals surface area contributed by atoms with Gasteiger partial charge in [0.1, 0.15) is 22.9 Å². The van der Waals surface area contributed by atoms with Crippen molar-refractivity contribution in [1.29, 1.82) is 0 Å². The maximum absolute atomic E-state index is 16.3. The number of benzene rings is 1. The van der Waals surface area contributed by atoms with E-state index in [1.165, 1.54) is 7.11 Å². The van der Waals surface area contributed by atoms with Crippen LogP contribution in [0.25, 0.3) is 27.7 Å². The minimum absolute atomic E-state index is 0.0581. The number of aromatic nitrogens is 3. The molecule has 1 aliphatic carbocycles. The number of methoxy groups -OCH3 is 1. The summed E-state index contributed by atoms with van der Waals surface area (Å²) in [6.07, 6.45) is 10.8. The van der Waals surface area contributed by atoms with Gasteiger partial charge in [-0.05, 0) is 32.3 Å². The van der Waals surface area contributed by atoms with Gasteiger partial charge in [0.15, 0.2) is 5.82 Å². The third kappa shape index (κ3) is 4.11. The Balaban J connectivity index is 1.64. The van der Waals surface area contributed by atoms with E-state index in [-0.39, 0.29) is 53.2 Å². The van der Waals surface area contributed by atoms with E-state index in [2.05, 4.69) is 51.1 Å². The molecule has 38 heavy (non-hydrogen) atoms. The Labute approximate surface area is 222 Å². The predicted octanol–water partition coefficient (Wildman–Crippen LogP) is 5.57. The van der Waals surface area contributed by atoms with Gasteiger partial charge in [-0.15, -0.1) is 13.0 Å². The summed E-state index contributed by atoms with van der Waals surface area (Å²) in [4.78, 5) is 17.9. The second-order valence-electron chi connectivity index (χ2n) is 9.90. The highest BCUT2D eigenvalue weighted by Gasteiger charge is 2.36. The molecule has 2 aromatic heterocycles. The fourth-order valence-electron chi connectivity index (χ4n) is 5.86. The van der Waals surface area contributed by atoms with Gasteiger partial charge >= 0.3 is 6.01 Å². The topological polar surface area (TPSA) is 54.4 Å². The van der Waals surface area contributed by atoms with Crippen LogP contribution in [-0.4, -0.2) is 58.7 Å². The fraction of sp³-hybridized carbons (Fsp3) is 0.367. The van der Waals surface area contributed by atoms with E-state index in [1.54, 1.807) is 12.3 Å². The van der Waals surface area contributed by atoms with Crippen LogP contribution in [0, 0.1) is 18.2 Å². The van der Waals surface area contributed by atoms with E-state index < -0.39 is 5.82 Å². The van der Waals surface area contributed by atoms with Crippen molar-refractivity contribution in [1.82, 2.24) is 19.9 Å². The van der Waals surface area contributed by atoms with Gasteiger partial charge in [-0.25, -0.2) is 8.78 Å². The van der Waals surface area contributed by atoms with Crippen LogP contribution in [0.4, 0.5) is 14.6 Å². The lowest BCUT2D eigenvalue weighted by atomic mass is 9.85. The Morgan fingerprint density at radius 3 is 2.79 bits per heavy atom. The molecule has 3 heterocycles. The zero-order valence-electron chi connectivity index (χ0n) is 22.1. The number of allylic oxidation sites excluding steroid dienone is 2. The van der Waals surface area contributed by atoms with E-state index in [9.17, 15) is 4.39 Å². The van der Waals surface area contributed by atoms with Crippen LogP contribution in [0.2, 0.25) is 0 Å². The minimum Gasteiger partial charge on any atom is -0.467 e. The van der Waals surface area contributed by atoms with Crippen LogP contribution in [-0.2, 0) is 6.42 Å². The molecule has 6 nitrogen and oxygen atoms in total. The van der Waals surface area contributed by atoms with Crippen LogP contribution < -0.4 is 9.64 Å². The summed E-state index contributed by atoms with van der Waals surface area (Å²) >= 11 is 0. The molecular formula is C30H31F2N5O. The van der Waals surface area contributed by atoms with E-state index in [1.807, 2.05) is 25.3 Å². The van der Waals surface area contributed by atoms with Crippen LogP contribution in [0.3, 0.4) is 0 Å². The summed E-state index contributed by atoms with van der Waals surface area (Å²) < 4.78 is 36.3. The van der Waals surface area contributed by atoms with Crippen molar-refractivity contribution in [3.05, 3.63) is 59.8 Å². The maximum Gasteiger partial charge on any atom is 0.318 e. The molecule has 0 saturated carbocycles. The normalized spacial score (nSPS) is 20.2. The zero-order chi connectivity index (χ0) is 27.1. The number of pyridine rings is 1. The first-order valence-corrected chi connectivity index (χ1v) is 12.8. The SMILES string of the molecule is C#CC1=C(F)CCc2cccc(-c3ncc4c(N(C)C5CCN(C(C)C=C)[C@@H]5C)nc(OC)nc4c3F)c21. The number of anilines is 1. The number of hydrogen-bond donors (Lipinski definition) is 0. The fourth-order valence-corrected chi connectivity index (χ4v) is 5.86. The number of halogens is 2. The quantitative estimate of drug-likeness (QED) is 0.316. The Bertz CT molecular complexity index is 1490. The number of hydrogen-bond acceptors (Lipinski definition) is 6. The molecule has 196 valence electrons. The third-order valence-corrected chi connectivity index (χ3v) is 7.97. The van der Waals surface area contributed by atoms with Gasteiger partial charge in [0.2, 0.25) is 0 Å². The van der Waals surface area contributed by atoms with Crippen LogP contribution in [0.1, 0.15) is 37.8 Å². The van der Waals surface area contributed by atoms with Crippen LogP contribution in [0.15, 0.2) is 42.9 Å². The smallest absolute Gasteiger partial charge is 0.318 e. The molecule has 8 heteroatoms. The second-order valence-corrected chi connectivity index (χ2v) is 9.90. The van der Waals surface area contributed by atoms with Crippen molar-refractivity contribution >= 4 is 22.3 Å². The van der Waals surface area contributed by atoms with Gasteiger partial charge in [-0.1, -0.05) is 30.2 Å². The molecule has 1 fully saturated rings. The van der Waals surface area contributed by atoms with E-state index in [0.29, 0.717) is 28.8 Å². The summed E-state index contributed by atoms with van der Waals surface area (Å²) in [6, 6.07) is 6.07.